The highest BCUT2D eigenvalue weighted by atomic mass is 32.1. The lowest BCUT2D eigenvalue weighted by atomic mass is 10.2. The number of ether oxygens (including phenoxy) is 1. The van der Waals surface area contributed by atoms with Crippen LogP contribution in [0.25, 0.3) is 10.4 Å². The van der Waals surface area contributed by atoms with E-state index in [-0.39, 0.29) is 5.75 Å². The molecule has 0 aliphatic carbocycles. The number of carbonyl (C=O) groups is 1. The molecule has 0 amide bonds. The van der Waals surface area contributed by atoms with Crippen LogP contribution in [0, 0.1) is 5.82 Å². The Morgan fingerprint density at radius 2 is 2.19 bits per heavy atom. The van der Waals surface area contributed by atoms with Crippen molar-refractivity contribution in [2.45, 2.75) is 6.92 Å². The molecule has 0 aliphatic rings. The first-order valence-corrected chi connectivity index (χ1v) is 5.56. The van der Waals surface area contributed by atoms with Gasteiger partial charge in [-0.1, -0.05) is 6.07 Å². The molecule has 0 radical (unpaired) electrons. The van der Waals surface area contributed by atoms with Crippen LogP contribution in [0.2, 0.25) is 0 Å². The van der Waals surface area contributed by atoms with Gasteiger partial charge < -0.3 is 4.74 Å². The van der Waals surface area contributed by atoms with Crippen LogP contribution in [0.4, 0.5) is 4.39 Å². The number of thiophene rings is 1. The topological polar surface area (TPSA) is 26.3 Å². The van der Waals surface area contributed by atoms with Gasteiger partial charge >= 0.3 is 5.97 Å². The second-order valence-corrected chi connectivity index (χ2v) is 4.16. The fourth-order valence-electron chi connectivity index (χ4n) is 1.33. The molecule has 1 aromatic carbocycles. The van der Waals surface area contributed by atoms with Crippen LogP contribution in [0.1, 0.15) is 6.92 Å². The normalized spacial score (nSPS) is 10.1. The standard InChI is InChI=1S/C12H9FO2S/c1-8(14)15-11-5-4-9(7-10(11)13)12-3-2-6-16-12/h2-7H,1H3. The first-order valence-electron chi connectivity index (χ1n) is 4.68. The number of benzene rings is 1. The van der Waals surface area contributed by atoms with E-state index in [2.05, 4.69) is 0 Å². The first kappa shape index (κ1) is 10.8. The summed E-state index contributed by atoms with van der Waals surface area (Å²) in [6.45, 7) is 1.24. The Bertz CT molecular complexity index is 506. The quantitative estimate of drug-likeness (QED) is 0.589. The zero-order valence-corrected chi connectivity index (χ0v) is 9.38. The molecular formula is C12H9FO2S. The summed E-state index contributed by atoms with van der Waals surface area (Å²) < 4.78 is 18.2. The molecule has 0 bridgehead atoms. The van der Waals surface area contributed by atoms with Crippen molar-refractivity contribution in [2.75, 3.05) is 0 Å². The van der Waals surface area contributed by atoms with Crippen molar-refractivity contribution in [3.8, 4) is 16.2 Å². The van der Waals surface area contributed by atoms with Crippen LogP contribution < -0.4 is 4.74 Å². The van der Waals surface area contributed by atoms with E-state index >= 15 is 0 Å². The second kappa shape index (κ2) is 4.45. The summed E-state index contributed by atoms with van der Waals surface area (Å²) in [6, 6.07) is 8.37. The molecule has 0 unspecified atom stereocenters. The molecule has 0 aliphatic heterocycles. The van der Waals surface area contributed by atoms with Crippen molar-refractivity contribution in [1.29, 1.82) is 0 Å². The maximum absolute atomic E-state index is 13.5. The minimum absolute atomic E-state index is 0.0344. The summed E-state index contributed by atoms with van der Waals surface area (Å²) >= 11 is 1.53. The maximum Gasteiger partial charge on any atom is 0.308 e. The number of hydrogen-bond acceptors (Lipinski definition) is 3. The number of halogens is 1. The van der Waals surface area contributed by atoms with Gasteiger partial charge in [0.25, 0.3) is 0 Å². The Labute approximate surface area is 96.3 Å². The molecular weight excluding hydrogens is 227 g/mol. The van der Waals surface area contributed by atoms with Gasteiger partial charge in [-0.3, -0.25) is 4.79 Å². The zero-order valence-electron chi connectivity index (χ0n) is 8.57. The van der Waals surface area contributed by atoms with E-state index in [9.17, 15) is 9.18 Å². The van der Waals surface area contributed by atoms with Gasteiger partial charge in [-0.15, -0.1) is 11.3 Å². The summed E-state index contributed by atoms with van der Waals surface area (Å²) in [6.07, 6.45) is 0. The van der Waals surface area contributed by atoms with Crippen LogP contribution in [0.15, 0.2) is 35.7 Å². The summed E-state index contributed by atoms with van der Waals surface area (Å²) in [5.74, 6) is -1.09. The molecule has 82 valence electrons. The van der Waals surface area contributed by atoms with E-state index < -0.39 is 11.8 Å². The van der Waals surface area contributed by atoms with Gasteiger partial charge in [-0.05, 0) is 35.2 Å². The molecule has 2 aromatic rings. The largest absolute Gasteiger partial charge is 0.424 e. The predicted octanol–water partition coefficient (Wildman–Crippen LogP) is 3.48. The molecule has 0 fully saturated rings. The number of rotatable bonds is 2. The van der Waals surface area contributed by atoms with Gasteiger partial charge in [0, 0.05) is 11.8 Å². The SMILES string of the molecule is CC(=O)Oc1ccc(-c2cccs2)cc1F. The lowest BCUT2D eigenvalue weighted by molar-refractivity contribution is -0.132. The predicted molar refractivity (Wildman–Crippen MR) is 61.0 cm³/mol. The highest BCUT2D eigenvalue weighted by Gasteiger charge is 2.08. The zero-order chi connectivity index (χ0) is 11.5. The molecule has 0 saturated heterocycles. The van der Waals surface area contributed by atoms with Gasteiger partial charge in [0.1, 0.15) is 0 Å². The Kier molecular flexibility index (Phi) is 3.01. The molecule has 4 heteroatoms. The van der Waals surface area contributed by atoms with Crippen molar-refractivity contribution < 1.29 is 13.9 Å². The fourth-order valence-corrected chi connectivity index (χ4v) is 2.06. The molecule has 0 spiro atoms. The lowest BCUT2D eigenvalue weighted by Crippen LogP contribution is -2.02. The lowest BCUT2D eigenvalue weighted by Gasteiger charge is -2.04. The number of esters is 1. The van der Waals surface area contributed by atoms with Gasteiger partial charge in [0.15, 0.2) is 11.6 Å². The number of hydrogen-bond donors (Lipinski definition) is 0. The molecule has 1 aromatic heterocycles. The van der Waals surface area contributed by atoms with Crippen LogP contribution in [-0.2, 0) is 4.79 Å². The average molecular weight is 236 g/mol. The van der Waals surface area contributed by atoms with Gasteiger partial charge in [-0.2, -0.15) is 0 Å². The van der Waals surface area contributed by atoms with Crippen molar-refractivity contribution in [3.63, 3.8) is 0 Å². The van der Waals surface area contributed by atoms with Crippen LogP contribution in [0.5, 0.6) is 5.75 Å². The monoisotopic (exact) mass is 236 g/mol. The van der Waals surface area contributed by atoms with Crippen LogP contribution in [-0.4, -0.2) is 5.97 Å². The highest BCUT2D eigenvalue weighted by Crippen LogP contribution is 2.28. The average Bonchev–Trinajstić information content (AvgIpc) is 2.73. The van der Waals surface area contributed by atoms with E-state index in [1.807, 2.05) is 17.5 Å². The van der Waals surface area contributed by atoms with E-state index in [0.29, 0.717) is 0 Å². The first-order chi connectivity index (χ1) is 7.66. The third kappa shape index (κ3) is 2.28. The smallest absolute Gasteiger partial charge is 0.308 e. The summed E-state index contributed by atoms with van der Waals surface area (Å²) in [7, 11) is 0. The molecule has 2 nitrogen and oxygen atoms in total. The Hall–Kier alpha value is -1.68. The molecule has 16 heavy (non-hydrogen) atoms. The summed E-state index contributed by atoms with van der Waals surface area (Å²) in [5, 5.41) is 1.92. The highest BCUT2D eigenvalue weighted by molar-refractivity contribution is 7.13. The van der Waals surface area contributed by atoms with Crippen LogP contribution >= 0.6 is 11.3 Å². The van der Waals surface area contributed by atoms with Gasteiger partial charge in [0.2, 0.25) is 0 Å². The minimum atomic E-state index is -0.527. The summed E-state index contributed by atoms with van der Waals surface area (Å²) in [5.41, 5.74) is 0.781. The molecule has 0 atom stereocenters. The molecule has 0 saturated carbocycles. The van der Waals surface area contributed by atoms with E-state index in [1.54, 1.807) is 6.07 Å². The Morgan fingerprint density at radius 3 is 2.75 bits per heavy atom. The second-order valence-electron chi connectivity index (χ2n) is 3.22. The van der Waals surface area contributed by atoms with Crippen molar-refractivity contribution in [2.24, 2.45) is 0 Å². The third-order valence-electron chi connectivity index (χ3n) is 1.99. The van der Waals surface area contributed by atoms with Crippen molar-refractivity contribution >= 4 is 17.3 Å². The van der Waals surface area contributed by atoms with E-state index in [0.717, 1.165) is 10.4 Å². The molecule has 0 N–H and O–H groups in total. The molecule has 1 heterocycles. The van der Waals surface area contributed by atoms with Crippen molar-refractivity contribution in [3.05, 3.63) is 41.5 Å². The van der Waals surface area contributed by atoms with E-state index in [4.69, 9.17) is 4.74 Å². The van der Waals surface area contributed by atoms with Gasteiger partial charge in [0.05, 0.1) is 0 Å². The fraction of sp³-hybridized carbons (Fsp3) is 0.0833. The van der Waals surface area contributed by atoms with Gasteiger partial charge in [-0.25, -0.2) is 4.39 Å². The third-order valence-corrected chi connectivity index (χ3v) is 2.91. The molecule has 2 rings (SSSR count). The Morgan fingerprint density at radius 1 is 1.38 bits per heavy atom. The Balaban J connectivity index is 2.33. The maximum atomic E-state index is 13.5. The summed E-state index contributed by atoms with van der Waals surface area (Å²) in [4.78, 5) is 11.7. The number of carbonyl (C=O) groups excluding carboxylic acids is 1. The minimum Gasteiger partial charge on any atom is -0.424 e. The van der Waals surface area contributed by atoms with Crippen molar-refractivity contribution in [1.82, 2.24) is 0 Å². The van der Waals surface area contributed by atoms with Crippen LogP contribution in [0.3, 0.4) is 0 Å². The van der Waals surface area contributed by atoms with E-state index in [1.165, 1.54) is 30.4 Å².